The van der Waals surface area contributed by atoms with Crippen LogP contribution in [0, 0.1) is 0 Å². The number of amides is 1. The topological polar surface area (TPSA) is 50.8 Å². The minimum Gasteiger partial charge on any atom is -0.496 e. The minimum absolute atomic E-state index is 0.0440. The van der Waals surface area contributed by atoms with E-state index in [1.54, 1.807) is 7.11 Å². The van der Waals surface area contributed by atoms with Gasteiger partial charge in [0.2, 0.25) is 5.91 Å². The first-order chi connectivity index (χ1) is 13.1. The molecule has 2 aromatic rings. The number of ether oxygens (including phenoxy) is 2. The molecule has 0 unspecified atom stereocenters. The van der Waals surface area contributed by atoms with E-state index in [2.05, 4.69) is 23.2 Å². The van der Waals surface area contributed by atoms with Crippen LogP contribution in [0.2, 0.25) is 0 Å². The van der Waals surface area contributed by atoms with Gasteiger partial charge in [-0.3, -0.25) is 9.69 Å². The van der Waals surface area contributed by atoms with E-state index in [-0.39, 0.29) is 18.1 Å². The maximum absolute atomic E-state index is 12.5. The summed E-state index contributed by atoms with van der Waals surface area (Å²) < 4.78 is 11.9. The number of hydrogen-bond donors (Lipinski definition) is 1. The number of para-hydroxylation sites is 2. The van der Waals surface area contributed by atoms with Crippen LogP contribution in [-0.4, -0.2) is 37.0 Å². The number of hydrogen-bond acceptors (Lipinski definition) is 4. The summed E-state index contributed by atoms with van der Waals surface area (Å²) in [7, 11) is 1.67. The fourth-order valence-electron chi connectivity index (χ4n) is 3.32. The quantitative estimate of drug-likeness (QED) is 0.847. The van der Waals surface area contributed by atoms with Crippen LogP contribution in [0.25, 0.3) is 0 Å². The van der Waals surface area contributed by atoms with Gasteiger partial charge in [0.05, 0.1) is 13.7 Å². The maximum atomic E-state index is 12.5. The van der Waals surface area contributed by atoms with E-state index in [4.69, 9.17) is 9.47 Å². The number of benzene rings is 2. The van der Waals surface area contributed by atoms with Gasteiger partial charge in [0, 0.05) is 30.3 Å². The first-order valence-corrected chi connectivity index (χ1v) is 9.50. The van der Waals surface area contributed by atoms with E-state index < -0.39 is 0 Å². The second-order valence-corrected chi connectivity index (χ2v) is 7.00. The van der Waals surface area contributed by atoms with Gasteiger partial charge >= 0.3 is 0 Å². The molecule has 2 atom stereocenters. The van der Waals surface area contributed by atoms with E-state index in [0.29, 0.717) is 19.6 Å². The summed E-state index contributed by atoms with van der Waals surface area (Å²) in [4.78, 5) is 14.6. The number of nitrogens with zero attached hydrogens (tertiary/aromatic N) is 1. The van der Waals surface area contributed by atoms with Crippen molar-refractivity contribution in [2.45, 2.75) is 39.0 Å². The first-order valence-electron chi connectivity index (χ1n) is 9.50. The molecular weight excluding hydrogens is 340 g/mol. The van der Waals surface area contributed by atoms with Crippen LogP contribution in [-0.2, 0) is 11.3 Å². The molecule has 5 heteroatoms. The van der Waals surface area contributed by atoms with Gasteiger partial charge in [-0.2, -0.15) is 0 Å². The van der Waals surface area contributed by atoms with Gasteiger partial charge in [0.25, 0.3) is 0 Å². The summed E-state index contributed by atoms with van der Waals surface area (Å²) in [5.74, 6) is 1.70. The molecule has 0 saturated heterocycles. The van der Waals surface area contributed by atoms with Crippen molar-refractivity contribution in [3.8, 4) is 11.5 Å². The molecule has 0 aromatic heterocycles. The predicted octanol–water partition coefficient (Wildman–Crippen LogP) is 3.55. The number of methoxy groups -OCH3 is 1. The molecule has 144 valence electrons. The summed E-state index contributed by atoms with van der Waals surface area (Å²) in [5.41, 5.74) is 2.08. The third-order valence-electron chi connectivity index (χ3n) is 4.93. The summed E-state index contributed by atoms with van der Waals surface area (Å²) in [5, 5.41) is 3.05. The van der Waals surface area contributed by atoms with E-state index in [1.165, 1.54) is 0 Å². The molecule has 1 amide bonds. The molecule has 3 rings (SSSR count). The lowest BCUT2D eigenvalue weighted by Gasteiger charge is -2.25. The molecule has 27 heavy (non-hydrogen) atoms. The molecule has 1 aliphatic rings. The predicted molar refractivity (Wildman–Crippen MR) is 106 cm³/mol. The zero-order chi connectivity index (χ0) is 19.2. The van der Waals surface area contributed by atoms with Gasteiger partial charge in [-0.05, 0) is 25.5 Å². The lowest BCUT2D eigenvalue weighted by molar-refractivity contribution is -0.123. The Morgan fingerprint density at radius 1 is 1.26 bits per heavy atom. The van der Waals surface area contributed by atoms with Crippen molar-refractivity contribution in [2.24, 2.45) is 0 Å². The zero-order valence-electron chi connectivity index (χ0n) is 16.3. The Hall–Kier alpha value is -2.53. The normalized spacial score (nSPS) is 18.0. The molecule has 0 radical (unpaired) electrons. The van der Waals surface area contributed by atoms with Crippen molar-refractivity contribution < 1.29 is 14.3 Å². The van der Waals surface area contributed by atoms with Gasteiger partial charge in [0.1, 0.15) is 17.6 Å². The highest BCUT2D eigenvalue weighted by atomic mass is 16.5. The van der Waals surface area contributed by atoms with Gasteiger partial charge in [0.15, 0.2) is 0 Å². The van der Waals surface area contributed by atoms with Crippen molar-refractivity contribution in [3.05, 3.63) is 59.7 Å². The number of nitrogens with one attached hydrogen (secondary N) is 1. The van der Waals surface area contributed by atoms with Crippen molar-refractivity contribution in [1.29, 1.82) is 0 Å². The van der Waals surface area contributed by atoms with Crippen LogP contribution in [0.5, 0.6) is 11.5 Å². The Kier molecular flexibility index (Phi) is 6.35. The first kappa shape index (κ1) is 19.2. The summed E-state index contributed by atoms with van der Waals surface area (Å²) in [6.07, 6.45) is 0.711. The van der Waals surface area contributed by atoms with Crippen molar-refractivity contribution in [2.75, 3.05) is 20.2 Å². The molecule has 0 saturated carbocycles. The number of carbonyl (C=O) groups is 1. The second kappa shape index (κ2) is 8.91. The van der Waals surface area contributed by atoms with Crippen LogP contribution in [0.3, 0.4) is 0 Å². The van der Waals surface area contributed by atoms with E-state index in [0.717, 1.165) is 29.0 Å². The monoisotopic (exact) mass is 368 g/mol. The van der Waals surface area contributed by atoms with Crippen LogP contribution < -0.4 is 14.8 Å². The Labute approximate surface area is 161 Å². The molecule has 1 N–H and O–H groups in total. The van der Waals surface area contributed by atoms with E-state index in [9.17, 15) is 4.79 Å². The van der Waals surface area contributed by atoms with Crippen molar-refractivity contribution in [3.63, 3.8) is 0 Å². The fraction of sp³-hybridized carbons (Fsp3) is 0.409. The lowest BCUT2D eigenvalue weighted by Crippen LogP contribution is -2.41. The van der Waals surface area contributed by atoms with Gasteiger partial charge in [-0.25, -0.2) is 0 Å². The average molecular weight is 368 g/mol. The molecule has 1 aliphatic heterocycles. The van der Waals surface area contributed by atoms with Crippen LogP contribution >= 0.6 is 0 Å². The Morgan fingerprint density at radius 2 is 2.00 bits per heavy atom. The van der Waals surface area contributed by atoms with Crippen LogP contribution in [0.4, 0.5) is 0 Å². The third-order valence-corrected chi connectivity index (χ3v) is 4.93. The minimum atomic E-state index is -0.207. The Bertz CT molecular complexity index is 778. The van der Waals surface area contributed by atoms with Gasteiger partial charge in [-0.15, -0.1) is 0 Å². The smallest absolute Gasteiger partial charge is 0.234 e. The average Bonchev–Trinajstić information content (AvgIpc) is 2.86. The molecule has 0 spiro atoms. The van der Waals surface area contributed by atoms with Crippen molar-refractivity contribution >= 4 is 5.91 Å². The highest BCUT2D eigenvalue weighted by Gasteiger charge is 2.27. The standard InChI is InChI=1S/C22H28N2O3/c1-4-16(2)23-22(25)15-24-13-17-9-5-7-11-19(17)27-21(14-24)18-10-6-8-12-20(18)26-3/h5-12,16,21H,4,13-15H2,1-3H3,(H,23,25)/t16-,21+/m1/s1. The third kappa shape index (κ3) is 4.80. The Balaban J connectivity index is 1.86. The Morgan fingerprint density at radius 3 is 2.78 bits per heavy atom. The van der Waals surface area contributed by atoms with Crippen LogP contribution in [0.1, 0.15) is 37.5 Å². The largest absolute Gasteiger partial charge is 0.496 e. The molecule has 0 bridgehead atoms. The summed E-state index contributed by atoms with van der Waals surface area (Å²) in [6.45, 7) is 5.72. The highest BCUT2D eigenvalue weighted by Crippen LogP contribution is 2.34. The summed E-state index contributed by atoms with van der Waals surface area (Å²) in [6, 6.07) is 16.1. The molecule has 5 nitrogen and oxygen atoms in total. The summed E-state index contributed by atoms with van der Waals surface area (Å²) >= 11 is 0. The van der Waals surface area contributed by atoms with Crippen LogP contribution in [0.15, 0.2) is 48.5 Å². The number of rotatable bonds is 6. The number of fused-ring (bicyclic) bond motifs is 1. The molecule has 0 fully saturated rings. The highest BCUT2D eigenvalue weighted by molar-refractivity contribution is 5.78. The van der Waals surface area contributed by atoms with Crippen molar-refractivity contribution in [1.82, 2.24) is 10.2 Å². The lowest BCUT2D eigenvalue weighted by atomic mass is 10.1. The molecule has 2 aromatic carbocycles. The molecule has 1 heterocycles. The maximum Gasteiger partial charge on any atom is 0.234 e. The van der Waals surface area contributed by atoms with E-state index in [1.807, 2.05) is 49.4 Å². The zero-order valence-corrected chi connectivity index (χ0v) is 16.3. The van der Waals surface area contributed by atoms with Gasteiger partial charge < -0.3 is 14.8 Å². The van der Waals surface area contributed by atoms with E-state index >= 15 is 0 Å². The molecular formula is C22H28N2O3. The fourth-order valence-corrected chi connectivity index (χ4v) is 3.32. The molecule has 0 aliphatic carbocycles. The number of carbonyl (C=O) groups excluding carboxylic acids is 1. The SMILES string of the molecule is CC[C@@H](C)NC(=O)CN1Cc2ccccc2O[C@H](c2ccccc2OC)C1. The second-order valence-electron chi connectivity index (χ2n) is 7.00. The van der Waals surface area contributed by atoms with Gasteiger partial charge in [-0.1, -0.05) is 43.3 Å².